The number of aliphatic imine (C=N–C) groups is 3. The Labute approximate surface area is 301 Å². The van der Waals surface area contributed by atoms with E-state index in [1.54, 1.807) is 0 Å². The minimum atomic E-state index is 0. The van der Waals surface area contributed by atoms with Gasteiger partial charge in [0, 0.05) is 55.8 Å². The molecule has 0 saturated carbocycles. The van der Waals surface area contributed by atoms with E-state index < -0.39 is 0 Å². The summed E-state index contributed by atoms with van der Waals surface area (Å²) >= 11 is 0. The molecule has 7 heteroatoms. The molecule has 0 unspecified atom stereocenters. The fraction of sp³-hybridized carbons (Fsp3) is 0.0714. The summed E-state index contributed by atoms with van der Waals surface area (Å²) in [5.41, 5.74) is 10.3. The predicted molar refractivity (Wildman–Crippen MR) is 204 cm³/mol. The van der Waals surface area contributed by atoms with Crippen molar-refractivity contribution in [1.82, 2.24) is 0 Å². The number of hydrogen-bond donors (Lipinski definition) is 0. The minimum Gasteiger partial charge on any atom is -0.334 e. The molecule has 0 atom stereocenters. The SMILES string of the molecule is C1=Nc2ccccc2N(c2ccccc2)C1.C1=Nc2ccccc2N(c2ccccc2)C1.C1=Nc2ccccc2N(c2ccccc2)C1.[Ir]. The zero-order valence-electron chi connectivity index (χ0n) is 27.0. The second-order valence-corrected chi connectivity index (χ2v) is 11.2. The Bertz CT molecular complexity index is 1790. The molecule has 3 aliphatic heterocycles. The first-order valence-corrected chi connectivity index (χ1v) is 16.2. The van der Waals surface area contributed by atoms with Gasteiger partial charge < -0.3 is 14.7 Å². The third-order valence-corrected chi connectivity index (χ3v) is 8.20. The van der Waals surface area contributed by atoms with Gasteiger partial charge in [-0.15, -0.1) is 0 Å². The standard InChI is InChI=1S/3C14H12N2.Ir/c3*1-2-6-12(7-3-1)16-11-10-15-13-8-4-5-9-14(13)16;/h3*1-10H,11H2;. The number of para-hydroxylation sites is 9. The van der Waals surface area contributed by atoms with E-state index in [9.17, 15) is 0 Å². The molecule has 0 bridgehead atoms. The van der Waals surface area contributed by atoms with Crippen molar-refractivity contribution in [2.24, 2.45) is 15.0 Å². The number of hydrogen-bond acceptors (Lipinski definition) is 6. The van der Waals surface area contributed by atoms with Gasteiger partial charge in [0.2, 0.25) is 0 Å². The monoisotopic (exact) mass is 817 g/mol. The summed E-state index contributed by atoms with van der Waals surface area (Å²) in [6.45, 7) is 2.50. The van der Waals surface area contributed by atoms with Crippen molar-refractivity contribution in [2.75, 3.05) is 34.3 Å². The van der Waals surface area contributed by atoms with Crippen LogP contribution in [-0.2, 0) is 20.1 Å². The molecule has 3 aliphatic rings. The van der Waals surface area contributed by atoms with Gasteiger partial charge in [0.1, 0.15) is 0 Å². The maximum atomic E-state index is 4.40. The van der Waals surface area contributed by atoms with Crippen LogP contribution in [0.3, 0.4) is 0 Å². The summed E-state index contributed by atoms with van der Waals surface area (Å²) in [6, 6.07) is 55.9. The summed E-state index contributed by atoms with van der Waals surface area (Å²) in [5, 5.41) is 0. The smallest absolute Gasteiger partial charge is 0.0863 e. The normalized spacial score (nSPS) is 13.3. The second-order valence-electron chi connectivity index (χ2n) is 11.2. The van der Waals surface area contributed by atoms with Gasteiger partial charge in [-0.05, 0) is 72.8 Å². The summed E-state index contributed by atoms with van der Waals surface area (Å²) in [6.07, 6.45) is 5.86. The minimum absolute atomic E-state index is 0. The summed E-state index contributed by atoms with van der Waals surface area (Å²) in [4.78, 5) is 20.0. The summed E-state index contributed by atoms with van der Waals surface area (Å²) in [7, 11) is 0. The van der Waals surface area contributed by atoms with Crippen LogP contribution in [0.5, 0.6) is 0 Å². The molecule has 9 rings (SSSR count). The van der Waals surface area contributed by atoms with Gasteiger partial charge >= 0.3 is 0 Å². The van der Waals surface area contributed by atoms with E-state index in [-0.39, 0.29) is 20.1 Å². The fourth-order valence-electron chi connectivity index (χ4n) is 5.92. The number of benzene rings is 6. The zero-order valence-corrected chi connectivity index (χ0v) is 29.4. The Morgan fingerprint density at radius 1 is 0.306 bits per heavy atom. The van der Waals surface area contributed by atoms with Gasteiger partial charge in [-0.3, -0.25) is 15.0 Å². The van der Waals surface area contributed by atoms with Crippen LogP contribution in [0.25, 0.3) is 0 Å². The van der Waals surface area contributed by atoms with Crippen molar-refractivity contribution in [3.8, 4) is 0 Å². The number of fused-ring (bicyclic) bond motifs is 3. The van der Waals surface area contributed by atoms with Gasteiger partial charge in [0.05, 0.1) is 53.8 Å². The molecule has 0 saturated heterocycles. The third-order valence-electron chi connectivity index (χ3n) is 8.20. The molecule has 0 fully saturated rings. The van der Waals surface area contributed by atoms with Crippen molar-refractivity contribution in [1.29, 1.82) is 0 Å². The molecule has 6 nitrogen and oxygen atoms in total. The van der Waals surface area contributed by atoms with E-state index >= 15 is 0 Å². The number of rotatable bonds is 3. The molecule has 49 heavy (non-hydrogen) atoms. The van der Waals surface area contributed by atoms with E-state index in [0.717, 1.165) is 36.7 Å². The van der Waals surface area contributed by atoms with Gasteiger partial charge in [-0.2, -0.15) is 0 Å². The number of anilines is 6. The Balaban J connectivity index is 0.000000126. The maximum absolute atomic E-state index is 4.40. The molecular formula is C42H36IrN6. The third kappa shape index (κ3) is 7.92. The van der Waals surface area contributed by atoms with Crippen molar-refractivity contribution in [3.05, 3.63) is 164 Å². The Morgan fingerprint density at radius 3 is 0.837 bits per heavy atom. The maximum Gasteiger partial charge on any atom is 0.0863 e. The van der Waals surface area contributed by atoms with E-state index in [1.807, 2.05) is 73.2 Å². The van der Waals surface area contributed by atoms with E-state index in [4.69, 9.17) is 0 Å². The van der Waals surface area contributed by atoms with Gasteiger partial charge in [-0.25, -0.2) is 0 Å². The molecule has 0 amide bonds. The van der Waals surface area contributed by atoms with Crippen LogP contribution < -0.4 is 14.7 Å². The molecule has 0 N–H and O–H groups in total. The van der Waals surface area contributed by atoms with Gasteiger partial charge in [-0.1, -0.05) is 91.0 Å². The average molecular weight is 817 g/mol. The van der Waals surface area contributed by atoms with Crippen LogP contribution in [0, 0.1) is 0 Å². The van der Waals surface area contributed by atoms with Gasteiger partial charge in [0.25, 0.3) is 0 Å². The molecule has 0 spiro atoms. The molecule has 6 aromatic rings. The van der Waals surface area contributed by atoms with Crippen molar-refractivity contribution in [2.45, 2.75) is 0 Å². The largest absolute Gasteiger partial charge is 0.334 e. The van der Waals surface area contributed by atoms with E-state index in [2.05, 4.69) is 139 Å². The Kier molecular flexibility index (Phi) is 11.2. The molecule has 0 aliphatic carbocycles. The Morgan fingerprint density at radius 2 is 0.551 bits per heavy atom. The van der Waals surface area contributed by atoms with Crippen LogP contribution in [0.1, 0.15) is 0 Å². The van der Waals surface area contributed by atoms with E-state index in [1.165, 1.54) is 34.1 Å². The molecule has 6 aromatic carbocycles. The zero-order chi connectivity index (χ0) is 32.4. The van der Waals surface area contributed by atoms with Crippen LogP contribution in [0.15, 0.2) is 179 Å². The van der Waals surface area contributed by atoms with Crippen molar-refractivity contribution >= 4 is 69.8 Å². The Hall–Kier alpha value is -5.62. The van der Waals surface area contributed by atoms with E-state index in [0.29, 0.717) is 0 Å². The fourth-order valence-corrected chi connectivity index (χ4v) is 5.92. The quantitative estimate of drug-likeness (QED) is 0.179. The average Bonchev–Trinajstić information content (AvgIpc) is 3.19. The molecule has 0 aromatic heterocycles. The first kappa shape index (κ1) is 33.3. The first-order valence-electron chi connectivity index (χ1n) is 16.2. The predicted octanol–water partition coefficient (Wildman–Crippen LogP) is 10.6. The first-order chi connectivity index (χ1) is 23.8. The topological polar surface area (TPSA) is 46.8 Å². The van der Waals surface area contributed by atoms with Crippen LogP contribution in [0.2, 0.25) is 0 Å². The van der Waals surface area contributed by atoms with Crippen molar-refractivity contribution < 1.29 is 20.1 Å². The summed E-state index contributed by atoms with van der Waals surface area (Å²) in [5.74, 6) is 0. The second kappa shape index (κ2) is 16.5. The van der Waals surface area contributed by atoms with Crippen molar-refractivity contribution in [3.63, 3.8) is 0 Å². The summed E-state index contributed by atoms with van der Waals surface area (Å²) < 4.78 is 0. The molecule has 1 radical (unpaired) electrons. The van der Waals surface area contributed by atoms with Gasteiger partial charge in [0.15, 0.2) is 0 Å². The van der Waals surface area contributed by atoms with Crippen LogP contribution in [0.4, 0.5) is 51.2 Å². The molecule has 243 valence electrons. The molecule has 3 heterocycles. The molecular weight excluding hydrogens is 781 g/mol. The van der Waals surface area contributed by atoms with Crippen LogP contribution >= 0.6 is 0 Å². The number of nitrogens with zero attached hydrogens (tertiary/aromatic N) is 6. The van der Waals surface area contributed by atoms with Crippen LogP contribution in [-0.4, -0.2) is 38.3 Å².